The molecule has 1 heterocycles. The molecule has 0 radical (unpaired) electrons. The van der Waals surface area contributed by atoms with E-state index in [2.05, 4.69) is 43.1 Å². The fourth-order valence-corrected chi connectivity index (χ4v) is 0.989. The first-order chi connectivity index (χ1) is 6.80. The molecule has 0 fully saturated rings. The van der Waals surface area contributed by atoms with E-state index < -0.39 is 0 Å². The second kappa shape index (κ2) is 8.49. The van der Waals surface area contributed by atoms with Gasteiger partial charge < -0.3 is 0 Å². The van der Waals surface area contributed by atoms with Gasteiger partial charge in [0.15, 0.2) is 0 Å². The van der Waals surface area contributed by atoms with E-state index in [1.54, 1.807) is 0 Å². The van der Waals surface area contributed by atoms with E-state index in [4.69, 9.17) is 0 Å². The molecule has 0 saturated carbocycles. The van der Waals surface area contributed by atoms with Crippen LogP contribution in [0.2, 0.25) is 0 Å². The smallest absolute Gasteiger partial charge is 0.0361 e. The minimum Gasteiger partial charge on any atom is -0.266 e. The van der Waals surface area contributed by atoms with Crippen molar-refractivity contribution in [2.75, 3.05) is 0 Å². The van der Waals surface area contributed by atoms with Crippen LogP contribution in [0.15, 0.2) is 40.6 Å². The summed E-state index contributed by atoms with van der Waals surface area (Å²) in [6.45, 7) is 8.19. The highest BCUT2D eigenvalue weighted by Gasteiger charge is 1.91. The molecule has 0 aromatic heterocycles. The van der Waals surface area contributed by atoms with E-state index in [1.807, 2.05) is 20.1 Å². The molecule has 1 aliphatic heterocycles. The van der Waals surface area contributed by atoms with Crippen LogP contribution in [-0.2, 0) is 0 Å². The molecule has 78 valence electrons. The highest BCUT2D eigenvalue weighted by atomic mass is 14.7. The summed E-state index contributed by atoms with van der Waals surface area (Å²) < 4.78 is 0. The first-order valence-corrected chi connectivity index (χ1v) is 5.31. The van der Waals surface area contributed by atoms with Gasteiger partial charge in [-0.3, -0.25) is 4.99 Å². The third-order valence-corrected chi connectivity index (χ3v) is 1.95. The highest BCUT2D eigenvalue weighted by Crippen LogP contribution is 2.10. The number of nitrogens with zero attached hydrogens (tertiary/aromatic N) is 1. The number of aliphatic imine (C=N–C) groups is 1. The predicted molar refractivity (Wildman–Crippen MR) is 65.7 cm³/mol. The fraction of sp³-hybridized carbons (Fsp3) is 0.462. The number of rotatable bonds is 0. The molecule has 0 aromatic carbocycles. The molecule has 0 unspecified atom stereocenters. The van der Waals surface area contributed by atoms with Crippen molar-refractivity contribution in [1.29, 1.82) is 0 Å². The second-order valence-electron chi connectivity index (χ2n) is 2.97. The van der Waals surface area contributed by atoms with Crippen LogP contribution < -0.4 is 0 Å². The van der Waals surface area contributed by atoms with Gasteiger partial charge in [0.05, 0.1) is 0 Å². The molecule has 1 nitrogen and oxygen atoms in total. The lowest BCUT2D eigenvalue weighted by Gasteiger charge is -1.99. The summed E-state index contributed by atoms with van der Waals surface area (Å²) in [5, 5.41) is 0. The summed E-state index contributed by atoms with van der Waals surface area (Å²) in [6.07, 6.45) is 12.3. The Balaban J connectivity index is 0.000000791. The van der Waals surface area contributed by atoms with Gasteiger partial charge in [0.25, 0.3) is 0 Å². The Morgan fingerprint density at radius 2 is 1.71 bits per heavy atom. The molecule has 1 rings (SSSR count). The Labute approximate surface area is 87.9 Å². The van der Waals surface area contributed by atoms with Crippen molar-refractivity contribution in [3.63, 3.8) is 0 Å². The largest absolute Gasteiger partial charge is 0.266 e. The molecule has 0 atom stereocenters. The lowest BCUT2D eigenvalue weighted by Crippen LogP contribution is -1.82. The summed E-state index contributed by atoms with van der Waals surface area (Å²) in [5.41, 5.74) is 2.49. The minimum atomic E-state index is 0.926. The van der Waals surface area contributed by atoms with Gasteiger partial charge in [-0.2, -0.15) is 0 Å². The van der Waals surface area contributed by atoms with Gasteiger partial charge in [-0.15, -0.1) is 0 Å². The molecular formula is C13H21N. The predicted octanol–water partition coefficient (Wildman–Crippen LogP) is 4.28. The molecule has 0 N–H and O–H groups in total. The Kier molecular flexibility index (Phi) is 7.81. The molecule has 0 spiro atoms. The maximum absolute atomic E-state index is 4.34. The summed E-state index contributed by atoms with van der Waals surface area (Å²) in [7, 11) is 0. The van der Waals surface area contributed by atoms with Crippen LogP contribution >= 0.6 is 0 Å². The zero-order valence-electron chi connectivity index (χ0n) is 9.75. The molecule has 1 aliphatic rings. The highest BCUT2D eigenvalue weighted by molar-refractivity contribution is 5.61. The van der Waals surface area contributed by atoms with E-state index in [0.717, 1.165) is 18.5 Å². The summed E-state index contributed by atoms with van der Waals surface area (Å²) in [6, 6.07) is 0. The van der Waals surface area contributed by atoms with Gasteiger partial charge in [-0.25, -0.2) is 0 Å². The molecule has 0 amide bonds. The maximum atomic E-state index is 4.34. The van der Waals surface area contributed by atoms with Crippen molar-refractivity contribution < 1.29 is 0 Å². The van der Waals surface area contributed by atoms with E-state index in [1.165, 1.54) is 5.57 Å². The SMILES string of the molecule is C/C1=C(\C)N=CC/C=C\C=C/C1.CC. The normalized spacial score (nSPS) is 26.0. The van der Waals surface area contributed by atoms with Crippen LogP contribution in [0.4, 0.5) is 0 Å². The Hall–Kier alpha value is -1.11. The van der Waals surface area contributed by atoms with Crippen molar-refractivity contribution in [3.05, 3.63) is 35.6 Å². The zero-order valence-corrected chi connectivity index (χ0v) is 9.75. The minimum absolute atomic E-state index is 0.926. The number of hydrogen-bond donors (Lipinski definition) is 0. The Morgan fingerprint density at radius 3 is 2.43 bits per heavy atom. The molecule has 0 saturated heterocycles. The molecule has 0 aliphatic carbocycles. The van der Waals surface area contributed by atoms with Gasteiger partial charge in [0.2, 0.25) is 0 Å². The van der Waals surface area contributed by atoms with Crippen molar-refractivity contribution in [2.24, 2.45) is 4.99 Å². The first kappa shape index (κ1) is 12.9. The molecule has 0 aromatic rings. The van der Waals surface area contributed by atoms with Gasteiger partial charge >= 0.3 is 0 Å². The fourth-order valence-electron chi connectivity index (χ4n) is 0.989. The second-order valence-corrected chi connectivity index (χ2v) is 2.97. The van der Waals surface area contributed by atoms with Crippen molar-refractivity contribution in [2.45, 2.75) is 40.5 Å². The van der Waals surface area contributed by atoms with Crippen molar-refractivity contribution in [1.82, 2.24) is 0 Å². The lowest BCUT2D eigenvalue weighted by molar-refractivity contribution is 1.11. The average molecular weight is 191 g/mol. The lowest BCUT2D eigenvalue weighted by atomic mass is 10.1. The van der Waals surface area contributed by atoms with Crippen molar-refractivity contribution >= 4 is 6.21 Å². The van der Waals surface area contributed by atoms with E-state index in [0.29, 0.717) is 0 Å². The summed E-state index contributed by atoms with van der Waals surface area (Å²) in [5.74, 6) is 0. The quantitative estimate of drug-likeness (QED) is 0.542. The Bertz CT molecular complexity index is 254. The van der Waals surface area contributed by atoms with Gasteiger partial charge in [-0.05, 0) is 25.8 Å². The van der Waals surface area contributed by atoms with E-state index in [-0.39, 0.29) is 0 Å². The van der Waals surface area contributed by atoms with Crippen LogP contribution in [0, 0.1) is 0 Å². The third kappa shape index (κ3) is 5.52. The molecule has 1 heteroatoms. The average Bonchev–Trinajstić information content (AvgIpc) is 2.24. The molecule has 0 bridgehead atoms. The van der Waals surface area contributed by atoms with Crippen LogP contribution in [0.5, 0.6) is 0 Å². The van der Waals surface area contributed by atoms with Gasteiger partial charge in [0.1, 0.15) is 0 Å². The van der Waals surface area contributed by atoms with Gasteiger partial charge in [0, 0.05) is 18.3 Å². The monoisotopic (exact) mass is 191 g/mol. The van der Waals surface area contributed by atoms with E-state index in [9.17, 15) is 0 Å². The topological polar surface area (TPSA) is 12.4 Å². The van der Waals surface area contributed by atoms with Crippen LogP contribution in [0.3, 0.4) is 0 Å². The molecular weight excluding hydrogens is 170 g/mol. The Morgan fingerprint density at radius 1 is 1.07 bits per heavy atom. The molecule has 14 heavy (non-hydrogen) atoms. The number of allylic oxidation sites excluding steroid dienone is 6. The van der Waals surface area contributed by atoms with E-state index >= 15 is 0 Å². The zero-order chi connectivity index (χ0) is 10.8. The third-order valence-electron chi connectivity index (χ3n) is 1.95. The van der Waals surface area contributed by atoms with Gasteiger partial charge in [-0.1, -0.05) is 38.2 Å². The van der Waals surface area contributed by atoms with Crippen LogP contribution in [0.25, 0.3) is 0 Å². The maximum Gasteiger partial charge on any atom is 0.0361 e. The van der Waals surface area contributed by atoms with Crippen LogP contribution in [-0.4, -0.2) is 6.21 Å². The summed E-state index contributed by atoms with van der Waals surface area (Å²) >= 11 is 0. The standard InChI is InChI=1S/C11H15N.C2H6/c1-10-8-6-4-3-5-7-9-12-11(10)2;1-2/h3-6,9H,7-8H2,1-2H3;1-2H3/b5-3-,6-4-,11-10-,12-9?;. The number of hydrogen-bond acceptors (Lipinski definition) is 1. The first-order valence-electron chi connectivity index (χ1n) is 5.31. The summed E-state index contributed by atoms with van der Waals surface area (Å²) in [4.78, 5) is 4.34. The van der Waals surface area contributed by atoms with Crippen molar-refractivity contribution in [3.8, 4) is 0 Å². The van der Waals surface area contributed by atoms with Crippen LogP contribution in [0.1, 0.15) is 40.5 Å².